The summed E-state index contributed by atoms with van der Waals surface area (Å²) in [5, 5.41) is 0. The van der Waals surface area contributed by atoms with Gasteiger partial charge in [0.1, 0.15) is 0 Å². The molecule has 0 saturated carbocycles. The lowest BCUT2D eigenvalue weighted by Crippen LogP contribution is -2.26. The second-order valence-electron chi connectivity index (χ2n) is 2.83. The minimum Gasteiger partial charge on any atom is -0.207 e. The lowest BCUT2D eigenvalue weighted by Gasteiger charge is -2.14. The number of hydrogen-bond acceptors (Lipinski definition) is 2. The van der Waals surface area contributed by atoms with Crippen LogP contribution in [0, 0.1) is 0 Å². The van der Waals surface area contributed by atoms with Gasteiger partial charge in [-0.15, -0.1) is 6.55 Å². The lowest BCUT2D eigenvalue weighted by atomic mass is 10.4. The first kappa shape index (κ1) is 9.43. The van der Waals surface area contributed by atoms with E-state index in [9.17, 15) is 8.42 Å². The van der Waals surface area contributed by atoms with Crippen molar-refractivity contribution < 1.29 is 9.79 Å². The Balaban J connectivity index is 2.93. The summed E-state index contributed by atoms with van der Waals surface area (Å²) in [5.41, 5.74) is 0. The van der Waals surface area contributed by atoms with Crippen LogP contribution in [0.3, 0.4) is 0 Å². The van der Waals surface area contributed by atoms with E-state index in [2.05, 4.69) is 0 Å². The zero-order valence-electron chi connectivity index (χ0n) is 8.92. The number of nitrogens with zero attached hydrogens (tertiary/aromatic N) is 1. The molecule has 1 aromatic carbocycles. The van der Waals surface area contributed by atoms with Crippen molar-refractivity contribution in [1.82, 2.24) is 4.31 Å². The van der Waals surface area contributed by atoms with E-state index in [0.717, 1.165) is 6.55 Å². The fourth-order valence-corrected chi connectivity index (χ4v) is 2.16. The van der Waals surface area contributed by atoms with Crippen molar-refractivity contribution in [3.05, 3.63) is 43.0 Å². The molecule has 1 aromatic rings. The predicted molar refractivity (Wildman–Crippen MR) is 56.5 cm³/mol. The van der Waals surface area contributed by atoms with Crippen LogP contribution >= 0.6 is 0 Å². The highest BCUT2D eigenvalue weighted by Crippen LogP contribution is 2.12. The van der Waals surface area contributed by atoms with Crippen LogP contribution in [-0.4, -0.2) is 26.3 Å². The van der Waals surface area contributed by atoms with E-state index in [-0.39, 0.29) is 11.4 Å². The van der Waals surface area contributed by atoms with Crippen LogP contribution < -0.4 is 0 Å². The molecule has 3 nitrogen and oxygen atoms in total. The highest BCUT2D eigenvalue weighted by atomic mass is 32.2. The molecular formula is C10H13NO2S. The average Bonchev–Trinajstić information content (AvgIpc) is 2.27. The number of hydrogen-bond donors (Lipinski definition) is 0. The van der Waals surface area contributed by atoms with E-state index < -0.39 is 10.0 Å². The summed E-state index contributed by atoms with van der Waals surface area (Å²) in [6, 6.07) is 8.23. The van der Waals surface area contributed by atoms with Crippen molar-refractivity contribution in [3.8, 4) is 0 Å². The topological polar surface area (TPSA) is 37.4 Å². The molecular weight excluding hydrogens is 198 g/mol. The van der Waals surface area contributed by atoms with Gasteiger partial charge in [0.05, 0.1) is 6.27 Å². The fraction of sp³-hybridized carbons (Fsp3) is 0.200. The van der Waals surface area contributed by atoms with E-state index in [1.807, 2.05) is 0 Å². The van der Waals surface area contributed by atoms with Crippen molar-refractivity contribution >= 4 is 10.0 Å². The Morgan fingerprint density at radius 2 is 2.14 bits per heavy atom. The van der Waals surface area contributed by atoms with Gasteiger partial charge >= 0.3 is 0 Å². The molecule has 0 heterocycles. The Kier molecular flexibility index (Phi) is 2.96. The Morgan fingerprint density at radius 3 is 2.71 bits per heavy atom. The third kappa shape index (κ3) is 2.21. The third-order valence-electron chi connectivity index (χ3n) is 1.81. The van der Waals surface area contributed by atoms with Gasteiger partial charge in [-0.2, -0.15) is 4.31 Å². The van der Waals surface area contributed by atoms with Gasteiger partial charge in [0, 0.05) is 13.6 Å². The molecule has 0 radical (unpaired) electrons. The molecule has 4 heteroatoms. The first-order chi connectivity index (χ1) is 7.09. The minimum absolute atomic E-state index is 0.209. The molecule has 14 heavy (non-hydrogen) atoms. The van der Waals surface area contributed by atoms with E-state index in [1.54, 1.807) is 30.3 Å². The molecule has 0 amide bonds. The van der Waals surface area contributed by atoms with E-state index >= 15 is 0 Å². The second-order valence-corrected chi connectivity index (χ2v) is 4.88. The summed E-state index contributed by atoms with van der Waals surface area (Å²) in [6.07, 6.45) is 1.47. The van der Waals surface area contributed by atoms with Crippen LogP contribution in [-0.2, 0) is 10.0 Å². The summed E-state index contributed by atoms with van der Waals surface area (Å²) in [5.74, 6) is 0. The van der Waals surface area contributed by atoms with Gasteiger partial charge in [0.25, 0.3) is 0 Å². The quantitative estimate of drug-likeness (QED) is 0.709. The molecule has 0 aliphatic carbocycles. The molecule has 0 aromatic heterocycles. The van der Waals surface area contributed by atoms with Crippen LogP contribution in [0.2, 0.25) is 0 Å². The summed E-state index contributed by atoms with van der Waals surface area (Å²) in [6.45, 7) is 1.29. The normalized spacial score (nSPS) is 13.4. The highest BCUT2D eigenvalue weighted by Gasteiger charge is 2.18. The van der Waals surface area contributed by atoms with E-state index in [0.29, 0.717) is 0 Å². The minimum atomic E-state index is -3.41. The predicted octanol–water partition coefficient (Wildman–Crippen LogP) is 1.49. The molecule has 0 aliphatic heterocycles. The van der Waals surface area contributed by atoms with Crippen molar-refractivity contribution in [2.45, 2.75) is 4.90 Å². The van der Waals surface area contributed by atoms with Crippen LogP contribution in [0.5, 0.6) is 0 Å². The van der Waals surface area contributed by atoms with Gasteiger partial charge in [-0.1, -0.05) is 24.3 Å². The molecule has 76 valence electrons. The second kappa shape index (κ2) is 4.39. The number of sulfonamides is 1. The first-order valence-electron chi connectivity index (χ1n) is 4.71. The summed E-state index contributed by atoms with van der Waals surface area (Å²) >= 11 is 0. The molecule has 0 atom stereocenters. The molecule has 0 N–H and O–H groups in total. The van der Waals surface area contributed by atoms with E-state index in [4.69, 9.17) is 1.37 Å². The van der Waals surface area contributed by atoms with Crippen molar-refractivity contribution in [2.75, 3.05) is 13.6 Å². The van der Waals surface area contributed by atoms with Crippen molar-refractivity contribution in [1.29, 1.82) is 0 Å². The SMILES string of the molecule is [2H]C=CCN(C)S(=O)(=O)c1ccccc1. The molecule has 0 saturated heterocycles. The molecule has 0 fully saturated rings. The zero-order valence-corrected chi connectivity index (χ0v) is 8.74. The molecule has 0 unspecified atom stereocenters. The Bertz CT molecular complexity index is 428. The Morgan fingerprint density at radius 1 is 1.50 bits per heavy atom. The third-order valence-corrected chi connectivity index (χ3v) is 3.65. The molecule has 0 spiro atoms. The van der Waals surface area contributed by atoms with Gasteiger partial charge in [0.2, 0.25) is 10.0 Å². The van der Waals surface area contributed by atoms with Gasteiger partial charge in [-0.3, -0.25) is 0 Å². The summed E-state index contributed by atoms with van der Waals surface area (Å²) < 4.78 is 31.7. The number of likely N-dealkylation sites (N-methyl/N-ethyl adjacent to an activating group) is 1. The number of benzene rings is 1. The van der Waals surface area contributed by atoms with Gasteiger partial charge < -0.3 is 0 Å². The first-order valence-corrected chi connectivity index (χ1v) is 5.58. The van der Waals surface area contributed by atoms with Crippen molar-refractivity contribution in [2.24, 2.45) is 0 Å². The molecule has 0 bridgehead atoms. The summed E-state index contributed by atoms with van der Waals surface area (Å²) in [4.78, 5) is 0.269. The Labute approximate surface area is 86.1 Å². The largest absolute Gasteiger partial charge is 0.243 e. The van der Waals surface area contributed by atoms with E-state index in [1.165, 1.54) is 17.4 Å². The zero-order chi connectivity index (χ0) is 11.3. The highest BCUT2D eigenvalue weighted by molar-refractivity contribution is 7.89. The standard InChI is InChI=1S/C10H13NO2S/c1-3-9-11(2)14(12,13)10-7-5-4-6-8-10/h3-8H,1,9H2,2H3/i1D. The van der Waals surface area contributed by atoms with Crippen LogP contribution in [0.1, 0.15) is 1.37 Å². The van der Waals surface area contributed by atoms with Crippen molar-refractivity contribution in [3.63, 3.8) is 0 Å². The average molecular weight is 212 g/mol. The monoisotopic (exact) mass is 212 g/mol. The maximum absolute atomic E-state index is 11.9. The van der Waals surface area contributed by atoms with Gasteiger partial charge in [0.15, 0.2) is 0 Å². The fourth-order valence-electron chi connectivity index (χ4n) is 1.02. The number of rotatable bonds is 4. The lowest BCUT2D eigenvalue weighted by molar-refractivity contribution is 0.499. The van der Waals surface area contributed by atoms with Crippen LogP contribution in [0.25, 0.3) is 0 Å². The summed E-state index contributed by atoms with van der Waals surface area (Å²) in [7, 11) is -1.92. The van der Waals surface area contributed by atoms with Gasteiger partial charge in [-0.25, -0.2) is 8.42 Å². The van der Waals surface area contributed by atoms with Crippen LogP contribution in [0.4, 0.5) is 0 Å². The smallest absolute Gasteiger partial charge is 0.207 e. The Hall–Kier alpha value is -1.13. The maximum atomic E-state index is 11.9. The molecule has 0 aliphatic rings. The maximum Gasteiger partial charge on any atom is 0.243 e. The molecule has 1 rings (SSSR count). The van der Waals surface area contributed by atoms with Crippen LogP contribution in [0.15, 0.2) is 47.9 Å². The van der Waals surface area contributed by atoms with Gasteiger partial charge in [-0.05, 0) is 12.1 Å².